The molecule has 1 atom stereocenters. The van der Waals surface area contributed by atoms with Crippen molar-refractivity contribution >= 4 is 34.4 Å². The van der Waals surface area contributed by atoms with Crippen LogP contribution in [0.25, 0.3) is 0 Å². The highest BCUT2D eigenvalue weighted by Crippen LogP contribution is 2.18. The number of amidine groups is 2. The highest BCUT2D eigenvalue weighted by molar-refractivity contribution is 8.13. The second-order valence-corrected chi connectivity index (χ2v) is 3.50. The zero-order chi connectivity index (χ0) is 9.42. The standard InChI is InChI=1S/C7H9N5S/c1-3-9-4-5(10-3)11-7(8)12-6(4)13-2/h4H,1-2H3,(H2,8,9,10,11). The lowest BCUT2D eigenvalue weighted by Crippen LogP contribution is -2.31. The summed E-state index contributed by atoms with van der Waals surface area (Å²) in [6.07, 6.45) is 1.94. The van der Waals surface area contributed by atoms with Gasteiger partial charge in [0.15, 0.2) is 11.9 Å². The summed E-state index contributed by atoms with van der Waals surface area (Å²) in [5, 5.41) is 0.864. The Morgan fingerprint density at radius 2 is 2.08 bits per heavy atom. The largest absolute Gasteiger partial charge is 0.368 e. The lowest BCUT2D eigenvalue weighted by atomic mass is 10.3. The van der Waals surface area contributed by atoms with Gasteiger partial charge in [0.25, 0.3) is 0 Å². The van der Waals surface area contributed by atoms with E-state index in [2.05, 4.69) is 20.0 Å². The zero-order valence-electron chi connectivity index (χ0n) is 7.35. The molecule has 1 unspecified atom stereocenters. The van der Waals surface area contributed by atoms with Gasteiger partial charge in [-0.2, -0.15) is 4.99 Å². The third-order valence-electron chi connectivity index (χ3n) is 1.73. The number of fused-ring (bicyclic) bond motifs is 1. The summed E-state index contributed by atoms with van der Waals surface area (Å²) in [5.74, 6) is 1.67. The second kappa shape index (κ2) is 2.95. The Kier molecular flexibility index (Phi) is 1.91. The molecule has 0 aromatic carbocycles. The number of hydrogen-bond acceptors (Lipinski definition) is 6. The van der Waals surface area contributed by atoms with Gasteiger partial charge in [-0.1, -0.05) is 0 Å². The van der Waals surface area contributed by atoms with Crippen LogP contribution in [0.5, 0.6) is 0 Å². The number of nitrogens with two attached hydrogens (primary N) is 1. The molecule has 0 aromatic rings. The van der Waals surface area contributed by atoms with Gasteiger partial charge in [-0.15, -0.1) is 11.8 Å². The van der Waals surface area contributed by atoms with E-state index in [1.165, 1.54) is 11.8 Å². The summed E-state index contributed by atoms with van der Waals surface area (Å²) >= 11 is 1.53. The van der Waals surface area contributed by atoms with Crippen LogP contribution in [0.3, 0.4) is 0 Å². The predicted molar refractivity (Wildman–Crippen MR) is 56.9 cm³/mol. The van der Waals surface area contributed by atoms with Crippen molar-refractivity contribution in [3.8, 4) is 0 Å². The Morgan fingerprint density at radius 1 is 1.31 bits per heavy atom. The minimum Gasteiger partial charge on any atom is -0.368 e. The molecule has 0 saturated carbocycles. The molecule has 0 radical (unpaired) electrons. The minimum absolute atomic E-state index is 0.109. The van der Waals surface area contributed by atoms with Crippen molar-refractivity contribution in [3.05, 3.63) is 0 Å². The van der Waals surface area contributed by atoms with Crippen LogP contribution in [0, 0.1) is 0 Å². The predicted octanol–water partition coefficient (Wildman–Crippen LogP) is 0.275. The third-order valence-corrected chi connectivity index (χ3v) is 2.47. The molecule has 2 aliphatic heterocycles. The van der Waals surface area contributed by atoms with Crippen molar-refractivity contribution in [2.24, 2.45) is 25.7 Å². The first-order valence-electron chi connectivity index (χ1n) is 3.80. The summed E-state index contributed by atoms with van der Waals surface area (Å²) in [6.45, 7) is 1.84. The van der Waals surface area contributed by atoms with E-state index in [1.54, 1.807) is 0 Å². The van der Waals surface area contributed by atoms with E-state index in [1.807, 2.05) is 13.2 Å². The fourth-order valence-corrected chi connectivity index (χ4v) is 1.79. The fourth-order valence-electron chi connectivity index (χ4n) is 1.23. The average molecular weight is 195 g/mol. The van der Waals surface area contributed by atoms with E-state index in [0.717, 1.165) is 10.9 Å². The highest BCUT2D eigenvalue weighted by atomic mass is 32.2. The van der Waals surface area contributed by atoms with E-state index in [9.17, 15) is 0 Å². The van der Waals surface area contributed by atoms with Crippen LogP contribution in [0.2, 0.25) is 0 Å². The quantitative estimate of drug-likeness (QED) is 0.602. The first-order valence-corrected chi connectivity index (χ1v) is 5.03. The molecule has 6 heteroatoms. The summed E-state index contributed by atoms with van der Waals surface area (Å²) in [4.78, 5) is 16.6. The van der Waals surface area contributed by atoms with Crippen LogP contribution in [0.1, 0.15) is 6.92 Å². The van der Waals surface area contributed by atoms with Crippen molar-refractivity contribution < 1.29 is 0 Å². The molecule has 0 bridgehead atoms. The average Bonchev–Trinajstić information content (AvgIpc) is 2.43. The molecular weight excluding hydrogens is 186 g/mol. The van der Waals surface area contributed by atoms with Crippen LogP contribution in [0.15, 0.2) is 20.0 Å². The molecule has 0 saturated heterocycles. The molecule has 68 valence electrons. The number of nitrogens with zero attached hydrogens (tertiary/aromatic N) is 4. The summed E-state index contributed by atoms with van der Waals surface area (Å²) in [5.41, 5.74) is 5.52. The van der Waals surface area contributed by atoms with Gasteiger partial charge < -0.3 is 5.73 Å². The number of guanidine groups is 1. The third kappa shape index (κ3) is 1.37. The molecule has 2 N–H and O–H groups in total. The smallest absolute Gasteiger partial charge is 0.222 e. The lowest BCUT2D eigenvalue weighted by molar-refractivity contribution is 1.14. The van der Waals surface area contributed by atoms with E-state index in [0.29, 0.717) is 5.84 Å². The van der Waals surface area contributed by atoms with Crippen molar-refractivity contribution in [1.82, 2.24) is 0 Å². The molecule has 0 fully saturated rings. The highest BCUT2D eigenvalue weighted by Gasteiger charge is 2.29. The Hall–Kier alpha value is -1.17. The van der Waals surface area contributed by atoms with Crippen LogP contribution in [0.4, 0.5) is 0 Å². The first-order chi connectivity index (χ1) is 6.20. The van der Waals surface area contributed by atoms with Gasteiger partial charge >= 0.3 is 0 Å². The van der Waals surface area contributed by atoms with Gasteiger partial charge in [0.2, 0.25) is 5.96 Å². The number of thioether (sulfide) groups is 1. The summed E-state index contributed by atoms with van der Waals surface area (Å²) in [7, 11) is 0. The zero-order valence-corrected chi connectivity index (χ0v) is 8.17. The Balaban J connectivity index is 2.42. The van der Waals surface area contributed by atoms with Gasteiger partial charge in [-0.05, 0) is 13.2 Å². The normalized spacial score (nSPS) is 25.8. The minimum atomic E-state index is -0.109. The maximum atomic E-state index is 5.52. The molecule has 2 rings (SSSR count). The van der Waals surface area contributed by atoms with E-state index in [-0.39, 0.29) is 12.0 Å². The fraction of sp³-hybridized carbons (Fsp3) is 0.429. The Labute approximate surface area is 80.0 Å². The van der Waals surface area contributed by atoms with Gasteiger partial charge in [-0.3, -0.25) is 4.99 Å². The van der Waals surface area contributed by atoms with Crippen molar-refractivity contribution in [1.29, 1.82) is 0 Å². The van der Waals surface area contributed by atoms with Crippen LogP contribution in [-0.4, -0.2) is 35.0 Å². The maximum absolute atomic E-state index is 5.52. The maximum Gasteiger partial charge on any atom is 0.222 e. The molecular formula is C7H9N5S. The molecule has 0 amide bonds. The number of rotatable bonds is 0. The van der Waals surface area contributed by atoms with Gasteiger partial charge in [0.05, 0.1) is 0 Å². The number of aliphatic imine (C=N–C) groups is 4. The molecule has 0 aromatic heterocycles. The van der Waals surface area contributed by atoms with E-state index >= 15 is 0 Å². The van der Waals surface area contributed by atoms with Crippen LogP contribution < -0.4 is 5.73 Å². The molecule has 0 aliphatic carbocycles. The van der Waals surface area contributed by atoms with Gasteiger partial charge in [-0.25, -0.2) is 9.98 Å². The molecule has 2 aliphatic rings. The second-order valence-electron chi connectivity index (χ2n) is 2.67. The molecule has 0 spiro atoms. The van der Waals surface area contributed by atoms with Crippen molar-refractivity contribution in [3.63, 3.8) is 0 Å². The molecule has 5 nitrogen and oxygen atoms in total. The van der Waals surface area contributed by atoms with Crippen molar-refractivity contribution in [2.75, 3.05) is 6.26 Å². The topological polar surface area (TPSA) is 75.5 Å². The Bertz CT molecular complexity index is 365. The van der Waals surface area contributed by atoms with Gasteiger partial charge in [0.1, 0.15) is 10.9 Å². The lowest BCUT2D eigenvalue weighted by Gasteiger charge is -2.13. The van der Waals surface area contributed by atoms with Crippen molar-refractivity contribution in [2.45, 2.75) is 13.0 Å². The molecule has 2 heterocycles. The summed E-state index contributed by atoms with van der Waals surface area (Å²) < 4.78 is 0. The molecule has 13 heavy (non-hydrogen) atoms. The summed E-state index contributed by atoms with van der Waals surface area (Å²) in [6, 6.07) is -0.109. The SMILES string of the molecule is CSC1=NC(N)=NC2=NC(C)=NC21. The number of hydrogen-bond donors (Lipinski definition) is 1. The van der Waals surface area contributed by atoms with Gasteiger partial charge in [0, 0.05) is 0 Å². The van der Waals surface area contributed by atoms with E-state index in [4.69, 9.17) is 5.73 Å². The monoisotopic (exact) mass is 195 g/mol. The van der Waals surface area contributed by atoms with Crippen LogP contribution in [-0.2, 0) is 0 Å². The van der Waals surface area contributed by atoms with E-state index < -0.39 is 0 Å². The Morgan fingerprint density at radius 3 is 2.77 bits per heavy atom. The first kappa shape index (κ1) is 8.43. The van der Waals surface area contributed by atoms with Crippen LogP contribution >= 0.6 is 11.8 Å².